The molecule has 4 rings (SSSR count). The number of halogens is 3. The Kier molecular flexibility index (Phi) is 9.08. The number of aryl methyl sites for hydroxylation is 1. The smallest absolute Gasteiger partial charge is 0.335 e. The maximum absolute atomic E-state index is 15.0. The van der Waals surface area contributed by atoms with Crippen LogP contribution in [-0.2, 0) is 6.54 Å². The SMILES string of the molecule is CCn1c(=O)c(-c2cc(N(I)C(=O)Nc3ccccc3)c(F)cc2Br)cc2cnc(NCCSC)cc21. The Morgan fingerprint density at radius 2 is 1.95 bits per heavy atom. The van der Waals surface area contributed by atoms with Crippen molar-refractivity contribution in [3.63, 3.8) is 0 Å². The van der Waals surface area contributed by atoms with Crippen molar-refractivity contribution in [2.75, 3.05) is 32.3 Å². The van der Waals surface area contributed by atoms with Crippen molar-refractivity contribution in [2.24, 2.45) is 0 Å². The standard InChI is InChI=1S/C26H24BrFIN5O2S/c1-3-33-22-14-24(30-9-10-37-2)31-15-16(22)11-19(25(33)35)18-12-23(21(28)13-20(18)27)34(29)26(36)32-17-7-5-4-6-8-17/h4-8,11-15H,3,9-10H2,1-2H3,(H,30,31)(H,32,36). The maximum Gasteiger partial charge on any atom is 0.335 e. The molecule has 0 fully saturated rings. The first-order valence-corrected chi connectivity index (χ1v) is 14.6. The third-order valence-corrected chi connectivity index (χ3v) is 7.87. The lowest BCUT2D eigenvalue weighted by molar-refractivity contribution is 0.260. The van der Waals surface area contributed by atoms with E-state index in [1.807, 2.05) is 25.3 Å². The van der Waals surface area contributed by atoms with Crippen molar-refractivity contribution < 1.29 is 9.18 Å². The van der Waals surface area contributed by atoms with Gasteiger partial charge in [-0.05, 0) is 43.5 Å². The van der Waals surface area contributed by atoms with Crippen LogP contribution in [0.4, 0.5) is 26.4 Å². The number of benzene rings is 2. The van der Waals surface area contributed by atoms with E-state index in [0.29, 0.717) is 33.6 Å². The van der Waals surface area contributed by atoms with Gasteiger partial charge in [-0.1, -0.05) is 34.1 Å². The van der Waals surface area contributed by atoms with E-state index in [0.717, 1.165) is 26.3 Å². The number of amides is 2. The minimum absolute atomic E-state index is 0.0289. The second kappa shape index (κ2) is 12.3. The summed E-state index contributed by atoms with van der Waals surface area (Å²) in [6.07, 6.45) is 3.76. The van der Waals surface area contributed by atoms with Crippen LogP contribution in [-0.4, -0.2) is 34.1 Å². The van der Waals surface area contributed by atoms with Gasteiger partial charge >= 0.3 is 6.03 Å². The molecule has 0 aliphatic heterocycles. The normalized spacial score (nSPS) is 10.9. The van der Waals surface area contributed by atoms with Gasteiger partial charge in [-0.15, -0.1) is 0 Å². The lowest BCUT2D eigenvalue weighted by atomic mass is 10.0. The van der Waals surface area contributed by atoms with Crippen molar-refractivity contribution in [3.8, 4) is 11.1 Å². The zero-order valence-corrected chi connectivity index (χ0v) is 24.7. The molecule has 0 radical (unpaired) electrons. The lowest BCUT2D eigenvalue weighted by Crippen LogP contribution is -2.27. The number of rotatable bonds is 8. The number of nitrogens with zero attached hydrogens (tertiary/aromatic N) is 3. The molecule has 0 aliphatic rings. The molecule has 0 bridgehead atoms. The zero-order chi connectivity index (χ0) is 26.5. The summed E-state index contributed by atoms with van der Waals surface area (Å²) in [5.74, 6) is 1.04. The molecule has 4 aromatic rings. The molecule has 0 unspecified atom stereocenters. The number of anilines is 3. The highest BCUT2D eigenvalue weighted by Crippen LogP contribution is 2.35. The zero-order valence-electron chi connectivity index (χ0n) is 20.1. The first-order valence-electron chi connectivity index (χ1n) is 11.4. The average molecular weight is 696 g/mol. The van der Waals surface area contributed by atoms with Crippen LogP contribution in [0.15, 0.2) is 70.1 Å². The number of para-hydroxylation sites is 1. The summed E-state index contributed by atoms with van der Waals surface area (Å²) in [4.78, 5) is 30.9. The van der Waals surface area contributed by atoms with Gasteiger partial charge in [0.05, 0.1) is 34.1 Å². The summed E-state index contributed by atoms with van der Waals surface area (Å²) in [6, 6.07) is 14.8. The highest BCUT2D eigenvalue weighted by molar-refractivity contribution is 14.1. The fourth-order valence-electron chi connectivity index (χ4n) is 3.85. The first-order chi connectivity index (χ1) is 17.8. The van der Waals surface area contributed by atoms with Crippen LogP contribution in [0.25, 0.3) is 22.0 Å². The number of carbonyl (C=O) groups is 1. The first kappa shape index (κ1) is 27.4. The van der Waals surface area contributed by atoms with Crippen molar-refractivity contribution >= 4 is 84.7 Å². The number of aromatic nitrogens is 2. The van der Waals surface area contributed by atoms with Crippen LogP contribution in [0.5, 0.6) is 0 Å². The third kappa shape index (κ3) is 6.10. The Labute approximate surface area is 240 Å². The van der Waals surface area contributed by atoms with Crippen molar-refractivity contribution in [1.82, 2.24) is 9.55 Å². The maximum atomic E-state index is 15.0. The third-order valence-electron chi connectivity index (χ3n) is 5.65. The second-order valence-electron chi connectivity index (χ2n) is 8.02. The topological polar surface area (TPSA) is 79.3 Å². The highest BCUT2D eigenvalue weighted by Gasteiger charge is 2.22. The molecule has 2 aromatic heterocycles. The molecule has 192 valence electrons. The van der Waals surface area contributed by atoms with Gasteiger partial charge in [-0.25, -0.2) is 17.3 Å². The van der Waals surface area contributed by atoms with Gasteiger partial charge in [-0.3, -0.25) is 4.79 Å². The van der Waals surface area contributed by atoms with Gasteiger partial charge in [0.15, 0.2) is 0 Å². The number of urea groups is 1. The van der Waals surface area contributed by atoms with Crippen molar-refractivity contribution in [1.29, 1.82) is 0 Å². The molecule has 2 N–H and O–H groups in total. The molecule has 2 amide bonds. The Hall–Kier alpha value is -2.64. The fourth-order valence-corrected chi connectivity index (χ4v) is 5.18. The number of hydrogen-bond acceptors (Lipinski definition) is 5. The van der Waals surface area contributed by atoms with Gasteiger partial charge in [0.25, 0.3) is 5.56 Å². The van der Waals surface area contributed by atoms with Gasteiger partial charge < -0.3 is 15.2 Å². The van der Waals surface area contributed by atoms with Crippen molar-refractivity contribution in [2.45, 2.75) is 13.5 Å². The number of pyridine rings is 2. The van der Waals surface area contributed by atoms with Crippen LogP contribution in [0.1, 0.15) is 6.92 Å². The summed E-state index contributed by atoms with van der Waals surface area (Å²) in [7, 11) is 0. The monoisotopic (exact) mass is 695 g/mol. The minimum atomic E-state index is -0.604. The molecular formula is C26H24BrFIN5O2S. The lowest BCUT2D eigenvalue weighted by Gasteiger charge is -2.19. The molecule has 0 atom stereocenters. The molecule has 0 spiro atoms. The second-order valence-corrected chi connectivity index (χ2v) is 10.8. The number of hydrogen-bond donors (Lipinski definition) is 2. The van der Waals surface area contributed by atoms with E-state index in [1.165, 1.54) is 12.1 Å². The van der Waals surface area contributed by atoms with E-state index in [9.17, 15) is 9.59 Å². The van der Waals surface area contributed by atoms with Crippen LogP contribution in [0, 0.1) is 5.82 Å². The van der Waals surface area contributed by atoms with Gasteiger partial charge in [0, 0.05) is 57.8 Å². The Balaban J connectivity index is 1.75. The molecule has 37 heavy (non-hydrogen) atoms. The Morgan fingerprint density at radius 1 is 1.19 bits per heavy atom. The summed E-state index contributed by atoms with van der Waals surface area (Å²) >= 11 is 6.90. The molecule has 7 nitrogen and oxygen atoms in total. The van der Waals surface area contributed by atoms with Crippen LogP contribution < -0.4 is 19.3 Å². The summed E-state index contributed by atoms with van der Waals surface area (Å²) in [6.45, 7) is 3.11. The number of carbonyl (C=O) groups excluding carboxylic acids is 1. The van der Waals surface area contributed by atoms with Crippen LogP contribution in [0.2, 0.25) is 0 Å². The van der Waals surface area contributed by atoms with E-state index in [4.69, 9.17) is 0 Å². The Bertz CT molecular complexity index is 1500. The van der Waals surface area contributed by atoms with E-state index < -0.39 is 11.8 Å². The minimum Gasteiger partial charge on any atom is -0.369 e. The summed E-state index contributed by atoms with van der Waals surface area (Å²) in [5, 5.41) is 6.79. The molecule has 0 saturated carbocycles. The van der Waals surface area contributed by atoms with E-state index in [1.54, 1.807) is 75.7 Å². The quantitative estimate of drug-likeness (QED) is 0.116. The average Bonchev–Trinajstić information content (AvgIpc) is 2.89. The number of thioether (sulfide) groups is 1. The molecule has 2 heterocycles. The molecule has 0 saturated heterocycles. The van der Waals surface area contributed by atoms with Crippen LogP contribution >= 0.6 is 50.6 Å². The Morgan fingerprint density at radius 3 is 2.65 bits per heavy atom. The predicted molar refractivity (Wildman–Crippen MR) is 164 cm³/mol. The summed E-state index contributed by atoms with van der Waals surface area (Å²) < 4.78 is 18.2. The van der Waals surface area contributed by atoms with E-state index in [-0.39, 0.29) is 11.2 Å². The molecule has 11 heteroatoms. The van der Waals surface area contributed by atoms with Crippen molar-refractivity contribution in [3.05, 3.63) is 81.4 Å². The van der Waals surface area contributed by atoms with E-state index in [2.05, 4.69) is 31.5 Å². The van der Waals surface area contributed by atoms with Crippen LogP contribution in [0.3, 0.4) is 0 Å². The van der Waals surface area contributed by atoms with E-state index >= 15 is 4.39 Å². The largest absolute Gasteiger partial charge is 0.369 e. The van der Waals surface area contributed by atoms with Gasteiger partial charge in [0.1, 0.15) is 11.6 Å². The highest BCUT2D eigenvalue weighted by atomic mass is 127. The summed E-state index contributed by atoms with van der Waals surface area (Å²) in [5.41, 5.74) is 2.00. The van der Waals surface area contributed by atoms with Gasteiger partial charge in [0.2, 0.25) is 0 Å². The number of fused-ring (bicyclic) bond motifs is 1. The van der Waals surface area contributed by atoms with Gasteiger partial charge in [-0.2, -0.15) is 11.8 Å². The number of nitrogens with one attached hydrogen (secondary N) is 2. The molecule has 0 aliphatic carbocycles. The predicted octanol–water partition coefficient (Wildman–Crippen LogP) is 7.15. The molecule has 2 aromatic carbocycles. The molecular weight excluding hydrogens is 672 g/mol. The fraction of sp³-hybridized carbons (Fsp3) is 0.192.